The highest BCUT2D eigenvalue weighted by atomic mass is 14.8. The molecule has 5 aromatic carbocycles. The minimum absolute atomic E-state index is 0.860. The molecule has 0 radical (unpaired) electrons. The van der Waals surface area contributed by atoms with Crippen LogP contribution in [0.1, 0.15) is 25.2 Å². The Morgan fingerprint density at radius 2 is 0.905 bits per heavy atom. The van der Waals surface area contributed by atoms with Crippen LogP contribution < -0.4 is 0 Å². The number of rotatable bonds is 6. The van der Waals surface area contributed by atoms with Gasteiger partial charge in [0, 0.05) is 22.2 Å². The van der Waals surface area contributed by atoms with E-state index in [1.807, 2.05) is 0 Å². The Hall–Kier alpha value is -5.08. The largest absolute Gasteiger partial charge is 0.251 e. The van der Waals surface area contributed by atoms with Crippen molar-refractivity contribution in [2.45, 2.75) is 26.7 Å². The molecule has 0 spiro atoms. The van der Waals surface area contributed by atoms with Gasteiger partial charge in [0.25, 0.3) is 0 Å². The van der Waals surface area contributed by atoms with Crippen molar-refractivity contribution >= 4 is 21.8 Å². The van der Waals surface area contributed by atoms with Crippen LogP contribution in [0.15, 0.2) is 133 Å². The van der Waals surface area contributed by atoms with Crippen LogP contribution in [0.25, 0.3) is 66.3 Å². The molecule has 0 aliphatic rings. The highest BCUT2D eigenvalue weighted by molar-refractivity contribution is 6.08. The van der Waals surface area contributed by atoms with Crippen molar-refractivity contribution in [3.8, 4) is 44.5 Å². The van der Waals surface area contributed by atoms with Gasteiger partial charge in [0.1, 0.15) is 0 Å². The third-order valence-electron chi connectivity index (χ3n) is 8.15. The zero-order valence-electron chi connectivity index (χ0n) is 24.0. The molecule has 2 aromatic heterocycles. The average molecular weight is 541 g/mol. The summed E-state index contributed by atoms with van der Waals surface area (Å²) in [5, 5.41) is 2.26. The summed E-state index contributed by atoms with van der Waals surface area (Å²) < 4.78 is 0. The van der Waals surface area contributed by atoms with Gasteiger partial charge in [-0.3, -0.25) is 9.97 Å². The van der Waals surface area contributed by atoms with Crippen LogP contribution >= 0.6 is 0 Å². The summed E-state index contributed by atoms with van der Waals surface area (Å²) >= 11 is 0. The van der Waals surface area contributed by atoms with Gasteiger partial charge in [-0.05, 0) is 87.7 Å². The monoisotopic (exact) mass is 540 g/mol. The van der Waals surface area contributed by atoms with Crippen molar-refractivity contribution in [3.63, 3.8) is 0 Å². The Morgan fingerprint density at radius 3 is 1.52 bits per heavy atom. The molecule has 0 aliphatic heterocycles. The molecule has 2 heterocycles. The molecule has 7 rings (SSSR count). The summed E-state index contributed by atoms with van der Waals surface area (Å²) in [5.41, 5.74) is 13.8. The molecule has 0 saturated heterocycles. The van der Waals surface area contributed by atoms with Crippen molar-refractivity contribution in [1.29, 1.82) is 0 Å². The molecule has 0 amide bonds. The first-order valence-corrected chi connectivity index (χ1v) is 14.8. The van der Waals surface area contributed by atoms with Crippen LogP contribution in [0.2, 0.25) is 0 Å². The van der Waals surface area contributed by atoms with Crippen LogP contribution in [0.4, 0.5) is 0 Å². The standard InChI is InChI=1S/C40H32N2/c1-3-35-21-19-31-20-22-37-38(26-36(4-2)42-40(37)39(31)41-35)34-24-32(28-13-9-6-10-14-28)23-33(25-34)30-17-15-29(16-18-30)27-11-7-5-8-12-27/h5-26H,3-4H2,1-2H3. The number of hydrogen-bond acceptors (Lipinski definition) is 2. The Morgan fingerprint density at radius 1 is 0.405 bits per heavy atom. The predicted octanol–water partition coefficient (Wildman–Crippen LogP) is 10.6. The number of nitrogens with zero attached hydrogens (tertiary/aromatic N) is 2. The van der Waals surface area contributed by atoms with Crippen LogP contribution in [-0.2, 0) is 12.8 Å². The number of hydrogen-bond donors (Lipinski definition) is 0. The topological polar surface area (TPSA) is 25.8 Å². The summed E-state index contributed by atoms with van der Waals surface area (Å²) in [6.45, 7) is 4.33. The quantitative estimate of drug-likeness (QED) is 0.196. The van der Waals surface area contributed by atoms with Crippen LogP contribution in [-0.4, -0.2) is 9.97 Å². The predicted molar refractivity (Wildman–Crippen MR) is 178 cm³/mol. The molecule has 0 saturated carbocycles. The molecule has 0 bridgehead atoms. The van der Waals surface area contributed by atoms with Gasteiger partial charge in [0.05, 0.1) is 11.0 Å². The second-order valence-electron chi connectivity index (χ2n) is 10.8. The van der Waals surface area contributed by atoms with Crippen molar-refractivity contribution in [3.05, 3.63) is 145 Å². The van der Waals surface area contributed by atoms with E-state index < -0.39 is 0 Å². The van der Waals surface area contributed by atoms with Gasteiger partial charge in [0.2, 0.25) is 0 Å². The van der Waals surface area contributed by atoms with Crippen LogP contribution in [0, 0.1) is 0 Å². The van der Waals surface area contributed by atoms with Gasteiger partial charge in [-0.25, -0.2) is 0 Å². The molecular weight excluding hydrogens is 508 g/mol. The zero-order valence-corrected chi connectivity index (χ0v) is 24.0. The number of benzene rings is 5. The molecule has 0 fully saturated rings. The minimum Gasteiger partial charge on any atom is -0.251 e. The maximum Gasteiger partial charge on any atom is 0.0974 e. The fourth-order valence-electron chi connectivity index (χ4n) is 5.81. The second-order valence-corrected chi connectivity index (χ2v) is 10.8. The molecule has 0 atom stereocenters. The molecule has 2 nitrogen and oxygen atoms in total. The number of pyridine rings is 2. The first-order valence-electron chi connectivity index (χ1n) is 14.8. The Balaban J connectivity index is 1.45. The Bertz CT molecular complexity index is 2030. The molecule has 0 unspecified atom stereocenters. The van der Waals surface area contributed by atoms with E-state index in [-0.39, 0.29) is 0 Å². The number of fused-ring (bicyclic) bond motifs is 3. The van der Waals surface area contributed by atoms with E-state index >= 15 is 0 Å². The van der Waals surface area contributed by atoms with Crippen molar-refractivity contribution in [2.75, 3.05) is 0 Å². The van der Waals surface area contributed by atoms with E-state index in [1.54, 1.807) is 0 Å². The van der Waals surface area contributed by atoms with Gasteiger partial charge in [-0.15, -0.1) is 0 Å². The molecule has 0 aliphatic carbocycles. The lowest BCUT2D eigenvalue weighted by molar-refractivity contribution is 1.05. The smallest absolute Gasteiger partial charge is 0.0974 e. The van der Waals surface area contributed by atoms with E-state index in [2.05, 4.69) is 147 Å². The normalized spacial score (nSPS) is 11.3. The van der Waals surface area contributed by atoms with Gasteiger partial charge in [-0.1, -0.05) is 117 Å². The summed E-state index contributed by atoms with van der Waals surface area (Å²) in [5.74, 6) is 0. The van der Waals surface area contributed by atoms with Gasteiger partial charge in [0.15, 0.2) is 0 Å². The van der Waals surface area contributed by atoms with E-state index in [0.29, 0.717) is 0 Å². The van der Waals surface area contributed by atoms with E-state index in [9.17, 15) is 0 Å². The van der Waals surface area contributed by atoms with E-state index in [1.165, 1.54) is 44.5 Å². The maximum absolute atomic E-state index is 5.12. The van der Waals surface area contributed by atoms with Crippen molar-refractivity contribution in [1.82, 2.24) is 9.97 Å². The number of aromatic nitrogens is 2. The molecule has 7 aromatic rings. The fourth-order valence-corrected chi connectivity index (χ4v) is 5.81. The Labute approximate surface area is 247 Å². The highest BCUT2D eigenvalue weighted by Gasteiger charge is 2.14. The molecule has 2 heteroatoms. The van der Waals surface area contributed by atoms with E-state index in [0.717, 1.165) is 46.0 Å². The maximum atomic E-state index is 5.12. The third kappa shape index (κ3) is 4.86. The lowest BCUT2D eigenvalue weighted by Crippen LogP contribution is -1.96. The molecular formula is C40H32N2. The molecule has 42 heavy (non-hydrogen) atoms. The van der Waals surface area contributed by atoms with Crippen molar-refractivity contribution in [2.24, 2.45) is 0 Å². The summed E-state index contributed by atoms with van der Waals surface area (Å²) in [4.78, 5) is 10.2. The SMILES string of the molecule is CCc1ccc2ccc3c(-c4cc(-c5ccccc5)cc(-c5ccc(-c6ccccc6)cc5)c4)cc(CC)nc3c2n1. The summed E-state index contributed by atoms with van der Waals surface area (Å²) in [7, 11) is 0. The van der Waals surface area contributed by atoms with Crippen LogP contribution in [0.5, 0.6) is 0 Å². The number of aryl methyl sites for hydroxylation is 2. The average Bonchev–Trinajstić information content (AvgIpc) is 3.08. The zero-order chi connectivity index (χ0) is 28.5. The van der Waals surface area contributed by atoms with E-state index in [4.69, 9.17) is 9.97 Å². The minimum atomic E-state index is 0.860. The molecule has 202 valence electrons. The lowest BCUT2D eigenvalue weighted by atomic mass is 9.91. The first kappa shape index (κ1) is 25.9. The second kappa shape index (κ2) is 11.1. The Kier molecular flexibility index (Phi) is 6.81. The van der Waals surface area contributed by atoms with Gasteiger partial charge in [-0.2, -0.15) is 0 Å². The first-order chi connectivity index (χ1) is 20.7. The van der Waals surface area contributed by atoms with Gasteiger partial charge >= 0.3 is 0 Å². The fraction of sp³-hybridized carbons (Fsp3) is 0.100. The van der Waals surface area contributed by atoms with Gasteiger partial charge < -0.3 is 0 Å². The third-order valence-corrected chi connectivity index (χ3v) is 8.15. The summed E-state index contributed by atoms with van der Waals surface area (Å²) in [6.07, 6.45) is 1.76. The lowest BCUT2D eigenvalue weighted by Gasteiger charge is -2.15. The van der Waals surface area contributed by atoms with Crippen molar-refractivity contribution < 1.29 is 0 Å². The van der Waals surface area contributed by atoms with Crippen LogP contribution in [0.3, 0.4) is 0 Å². The molecule has 0 N–H and O–H groups in total. The highest BCUT2D eigenvalue weighted by Crippen LogP contribution is 2.38. The summed E-state index contributed by atoms with van der Waals surface area (Å²) in [6, 6.07) is 48.1.